The Hall–Kier alpha value is -2.00. The van der Waals surface area contributed by atoms with Gasteiger partial charge in [0, 0.05) is 24.9 Å². The summed E-state index contributed by atoms with van der Waals surface area (Å²) in [5, 5.41) is 15.6. The molecule has 1 aromatic rings. The van der Waals surface area contributed by atoms with Gasteiger partial charge in [-0.3, -0.25) is 15.5 Å². The minimum absolute atomic E-state index is 0.0845. The van der Waals surface area contributed by atoms with Crippen LogP contribution in [0.1, 0.15) is 46.0 Å². The molecule has 1 aromatic carbocycles. The van der Waals surface area contributed by atoms with Gasteiger partial charge < -0.3 is 0 Å². The van der Waals surface area contributed by atoms with E-state index in [0.717, 1.165) is 37.5 Å². The average molecular weight is 368 g/mol. The van der Waals surface area contributed by atoms with E-state index in [2.05, 4.69) is 10.5 Å². The van der Waals surface area contributed by atoms with Crippen LogP contribution in [0.2, 0.25) is 0 Å². The summed E-state index contributed by atoms with van der Waals surface area (Å²) < 4.78 is 26.3. The van der Waals surface area contributed by atoms with E-state index in [9.17, 15) is 18.5 Å². The number of benzene rings is 1. The van der Waals surface area contributed by atoms with Crippen LogP contribution in [-0.4, -0.2) is 36.4 Å². The fraction of sp³-hybridized carbons (Fsp3) is 0.562. The van der Waals surface area contributed by atoms with E-state index in [1.165, 1.54) is 22.9 Å². The second kappa shape index (κ2) is 8.39. The molecular formula is C16H24N4O4S. The molecule has 0 saturated heterocycles. The first kappa shape index (κ1) is 19.3. The highest BCUT2D eigenvalue weighted by atomic mass is 32.2. The first-order valence-electron chi connectivity index (χ1n) is 8.50. The quantitative estimate of drug-likeness (QED) is 0.587. The molecule has 0 unspecified atom stereocenters. The average Bonchev–Trinajstić information content (AvgIpc) is 2.61. The summed E-state index contributed by atoms with van der Waals surface area (Å²) in [6.45, 7) is 4.07. The summed E-state index contributed by atoms with van der Waals surface area (Å²) in [7, 11) is -3.74. The Morgan fingerprint density at radius 2 is 1.84 bits per heavy atom. The minimum Gasteiger partial charge on any atom is -0.272 e. The third-order valence-electron chi connectivity index (χ3n) is 4.27. The monoisotopic (exact) mass is 368 g/mol. The number of sulfonamides is 1. The molecule has 1 aliphatic carbocycles. The fourth-order valence-corrected chi connectivity index (χ4v) is 4.32. The summed E-state index contributed by atoms with van der Waals surface area (Å²) in [4.78, 5) is 10.7. The summed E-state index contributed by atoms with van der Waals surface area (Å²) in [6, 6.07) is 3.88. The molecule has 138 valence electrons. The van der Waals surface area contributed by atoms with Crippen LogP contribution in [0.4, 0.5) is 11.4 Å². The third-order valence-corrected chi connectivity index (χ3v) is 6.32. The van der Waals surface area contributed by atoms with Crippen molar-refractivity contribution in [2.24, 2.45) is 5.10 Å². The molecular weight excluding hydrogens is 344 g/mol. The van der Waals surface area contributed by atoms with E-state index >= 15 is 0 Å². The predicted molar refractivity (Wildman–Crippen MR) is 97.3 cm³/mol. The van der Waals surface area contributed by atoms with Crippen molar-refractivity contribution < 1.29 is 13.3 Å². The zero-order valence-electron chi connectivity index (χ0n) is 14.6. The maximum atomic E-state index is 12.5. The van der Waals surface area contributed by atoms with E-state index < -0.39 is 14.9 Å². The molecule has 0 bridgehead atoms. The fourth-order valence-electron chi connectivity index (χ4n) is 2.84. The molecule has 1 N–H and O–H groups in total. The SMILES string of the molecule is CCN(CC)S(=O)(=O)c1ccc(NN=C2CCCCC2)c([N+](=O)[O-])c1. The first-order chi connectivity index (χ1) is 11.9. The van der Waals surface area contributed by atoms with Crippen molar-refractivity contribution in [1.82, 2.24) is 4.31 Å². The van der Waals surface area contributed by atoms with E-state index in [-0.39, 0.29) is 16.3 Å². The van der Waals surface area contributed by atoms with Crippen LogP contribution < -0.4 is 5.43 Å². The molecule has 0 atom stereocenters. The Morgan fingerprint density at radius 1 is 1.20 bits per heavy atom. The highest BCUT2D eigenvalue weighted by Crippen LogP contribution is 2.29. The van der Waals surface area contributed by atoms with Crippen LogP contribution in [0, 0.1) is 10.1 Å². The van der Waals surface area contributed by atoms with Crippen molar-refractivity contribution in [3.05, 3.63) is 28.3 Å². The lowest BCUT2D eigenvalue weighted by Crippen LogP contribution is -2.30. The van der Waals surface area contributed by atoms with Crippen LogP contribution in [-0.2, 0) is 10.0 Å². The molecule has 1 aliphatic rings. The number of hydrazone groups is 1. The van der Waals surface area contributed by atoms with Crippen molar-refractivity contribution in [3.8, 4) is 0 Å². The standard InChI is InChI=1S/C16H24N4O4S/c1-3-19(4-2)25(23,24)14-10-11-15(16(12-14)20(21)22)18-17-13-8-6-5-7-9-13/h10-12,18H,3-9H2,1-2H3. The zero-order chi connectivity index (χ0) is 18.4. The number of hydrogen-bond donors (Lipinski definition) is 1. The van der Waals surface area contributed by atoms with Crippen molar-refractivity contribution in [2.75, 3.05) is 18.5 Å². The number of nitro benzene ring substituents is 1. The topological polar surface area (TPSA) is 105 Å². The van der Waals surface area contributed by atoms with Crippen LogP contribution in [0.25, 0.3) is 0 Å². The molecule has 0 aromatic heterocycles. The van der Waals surface area contributed by atoms with Crippen molar-refractivity contribution in [1.29, 1.82) is 0 Å². The second-order valence-electron chi connectivity index (χ2n) is 5.88. The van der Waals surface area contributed by atoms with Gasteiger partial charge >= 0.3 is 0 Å². The molecule has 0 heterocycles. The number of nitrogens with zero attached hydrogens (tertiary/aromatic N) is 3. The maximum Gasteiger partial charge on any atom is 0.295 e. The van der Waals surface area contributed by atoms with Crippen molar-refractivity contribution >= 4 is 27.1 Å². The Kier molecular flexibility index (Phi) is 6.49. The molecule has 1 saturated carbocycles. The summed E-state index contributed by atoms with van der Waals surface area (Å²) in [5.74, 6) is 0. The molecule has 8 nitrogen and oxygen atoms in total. The Bertz CT molecular complexity index is 749. The van der Waals surface area contributed by atoms with Crippen LogP contribution in [0.5, 0.6) is 0 Å². The largest absolute Gasteiger partial charge is 0.295 e. The van der Waals surface area contributed by atoms with Crippen LogP contribution >= 0.6 is 0 Å². The molecule has 0 aliphatic heterocycles. The lowest BCUT2D eigenvalue weighted by atomic mass is 9.99. The molecule has 25 heavy (non-hydrogen) atoms. The smallest absolute Gasteiger partial charge is 0.272 e. The second-order valence-corrected chi connectivity index (χ2v) is 7.81. The van der Waals surface area contributed by atoms with Gasteiger partial charge in [0.05, 0.1) is 9.82 Å². The molecule has 9 heteroatoms. The van der Waals surface area contributed by atoms with Crippen molar-refractivity contribution in [2.45, 2.75) is 50.8 Å². The van der Waals surface area contributed by atoms with Gasteiger partial charge in [0.1, 0.15) is 5.69 Å². The van der Waals surface area contributed by atoms with Gasteiger partial charge in [-0.05, 0) is 37.8 Å². The maximum absolute atomic E-state index is 12.5. The van der Waals surface area contributed by atoms with E-state index in [1.54, 1.807) is 13.8 Å². The highest BCUT2D eigenvalue weighted by molar-refractivity contribution is 7.89. The molecule has 2 rings (SSSR count). The van der Waals surface area contributed by atoms with Gasteiger partial charge in [0.2, 0.25) is 10.0 Å². The summed E-state index contributed by atoms with van der Waals surface area (Å²) in [6.07, 6.45) is 5.09. The normalized spacial score (nSPS) is 15.2. The van der Waals surface area contributed by atoms with Gasteiger partial charge in [-0.2, -0.15) is 9.41 Å². The predicted octanol–water partition coefficient (Wildman–Crippen LogP) is 3.36. The Labute approximate surface area is 148 Å². The number of hydrogen-bond acceptors (Lipinski definition) is 6. The first-order valence-corrected chi connectivity index (χ1v) is 9.94. The lowest BCUT2D eigenvalue weighted by molar-refractivity contribution is -0.384. The number of nitrogens with one attached hydrogen (secondary N) is 1. The van der Waals surface area contributed by atoms with Gasteiger partial charge in [-0.15, -0.1) is 0 Å². The van der Waals surface area contributed by atoms with Gasteiger partial charge in [0.15, 0.2) is 0 Å². The molecule has 0 radical (unpaired) electrons. The van der Waals surface area contributed by atoms with Gasteiger partial charge in [0.25, 0.3) is 5.69 Å². The molecule has 1 fully saturated rings. The molecule has 0 amide bonds. The van der Waals surface area contributed by atoms with Crippen LogP contribution in [0.15, 0.2) is 28.2 Å². The lowest BCUT2D eigenvalue weighted by Gasteiger charge is -2.18. The molecule has 0 spiro atoms. The number of anilines is 1. The third kappa shape index (κ3) is 4.55. The number of rotatable bonds is 7. The Balaban J connectivity index is 2.33. The van der Waals surface area contributed by atoms with Gasteiger partial charge in [-0.1, -0.05) is 20.3 Å². The van der Waals surface area contributed by atoms with E-state index in [4.69, 9.17) is 0 Å². The summed E-state index contributed by atoms with van der Waals surface area (Å²) in [5.41, 5.74) is 3.62. The van der Waals surface area contributed by atoms with Crippen LogP contribution in [0.3, 0.4) is 0 Å². The van der Waals surface area contributed by atoms with E-state index in [1.807, 2.05) is 0 Å². The highest BCUT2D eigenvalue weighted by Gasteiger charge is 2.25. The van der Waals surface area contributed by atoms with E-state index in [0.29, 0.717) is 13.1 Å². The van der Waals surface area contributed by atoms with Gasteiger partial charge in [-0.25, -0.2) is 8.42 Å². The zero-order valence-corrected chi connectivity index (χ0v) is 15.4. The summed E-state index contributed by atoms with van der Waals surface area (Å²) >= 11 is 0. The Morgan fingerprint density at radius 3 is 2.40 bits per heavy atom. The number of nitro groups is 1. The van der Waals surface area contributed by atoms with Crippen molar-refractivity contribution in [3.63, 3.8) is 0 Å². The minimum atomic E-state index is -3.74.